The smallest absolute Gasteiger partial charge is 0.303 e. The predicted molar refractivity (Wildman–Crippen MR) is 74.2 cm³/mol. The van der Waals surface area contributed by atoms with Crippen LogP contribution in [0.3, 0.4) is 0 Å². The highest BCUT2D eigenvalue weighted by molar-refractivity contribution is 5.66. The van der Waals surface area contributed by atoms with E-state index in [9.17, 15) is 4.79 Å². The molecule has 6 nitrogen and oxygen atoms in total. The van der Waals surface area contributed by atoms with Crippen LogP contribution in [0.15, 0.2) is 0 Å². The van der Waals surface area contributed by atoms with Crippen molar-refractivity contribution in [3.8, 4) is 0 Å². The lowest BCUT2D eigenvalue weighted by Gasteiger charge is -2.37. The summed E-state index contributed by atoms with van der Waals surface area (Å²) in [5.74, 6) is 0.543. The Kier molecular flexibility index (Phi) is 4.40. The number of tetrazole rings is 1. The molecule has 0 bridgehead atoms. The molecule has 1 aromatic rings. The van der Waals surface area contributed by atoms with E-state index in [1.165, 1.54) is 19.3 Å². The van der Waals surface area contributed by atoms with E-state index < -0.39 is 5.97 Å². The monoisotopic (exact) mass is 280 g/mol. The predicted octanol–water partition coefficient (Wildman–Crippen LogP) is 2.47. The van der Waals surface area contributed by atoms with Crippen LogP contribution in [0.2, 0.25) is 0 Å². The Labute approximate surface area is 119 Å². The summed E-state index contributed by atoms with van der Waals surface area (Å²) in [7, 11) is 0. The number of carbonyl (C=O) groups is 1. The van der Waals surface area contributed by atoms with Crippen LogP contribution in [0.25, 0.3) is 0 Å². The number of nitrogens with zero attached hydrogens (tertiary/aromatic N) is 4. The van der Waals surface area contributed by atoms with Crippen molar-refractivity contribution in [3.63, 3.8) is 0 Å². The van der Waals surface area contributed by atoms with Crippen molar-refractivity contribution in [2.24, 2.45) is 11.3 Å². The molecule has 1 aliphatic rings. The van der Waals surface area contributed by atoms with Crippen molar-refractivity contribution in [2.75, 3.05) is 0 Å². The first-order valence-electron chi connectivity index (χ1n) is 7.38. The maximum atomic E-state index is 10.8. The normalized spacial score (nSPS) is 23.4. The highest BCUT2D eigenvalue weighted by Gasteiger charge is 2.36. The highest BCUT2D eigenvalue weighted by atomic mass is 16.4. The third kappa shape index (κ3) is 3.35. The van der Waals surface area contributed by atoms with Crippen molar-refractivity contribution in [1.29, 1.82) is 0 Å². The first-order valence-corrected chi connectivity index (χ1v) is 7.38. The summed E-state index contributed by atoms with van der Waals surface area (Å²) in [6.45, 7) is 7.04. The molecule has 2 unspecified atom stereocenters. The number of hydrogen-bond acceptors (Lipinski definition) is 4. The number of aromatic nitrogens is 4. The quantitative estimate of drug-likeness (QED) is 0.896. The van der Waals surface area contributed by atoms with Crippen molar-refractivity contribution in [1.82, 2.24) is 20.2 Å². The van der Waals surface area contributed by atoms with Crippen LogP contribution >= 0.6 is 0 Å². The Bertz CT molecular complexity index is 469. The van der Waals surface area contributed by atoms with Gasteiger partial charge in [-0.2, -0.15) is 0 Å². The van der Waals surface area contributed by atoms with Crippen LogP contribution in [-0.4, -0.2) is 31.3 Å². The fourth-order valence-corrected chi connectivity index (χ4v) is 3.22. The molecule has 2 atom stereocenters. The average molecular weight is 280 g/mol. The molecular weight excluding hydrogens is 256 g/mol. The van der Waals surface area contributed by atoms with Gasteiger partial charge in [0.2, 0.25) is 0 Å². The van der Waals surface area contributed by atoms with Crippen LogP contribution in [0.1, 0.15) is 64.6 Å². The fourth-order valence-electron chi connectivity index (χ4n) is 3.22. The minimum atomic E-state index is -0.773. The number of carboxylic acid groups (broad SMARTS) is 1. The van der Waals surface area contributed by atoms with Gasteiger partial charge >= 0.3 is 5.97 Å². The molecule has 0 saturated heterocycles. The van der Waals surface area contributed by atoms with E-state index in [0.717, 1.165) is 12.2 Å². The van der Waals surface area contributed by atoms with Crippen molar-refractivity contribution < 1.29 is 9.90 Å². The average Bonchev–Trinajstić information content (AvgIpc) is 2.75. The second kappa shape index (κ2) is 5.89. The van der Waals surface area contributed by atoms with E-state index in [1.54, 1.807) is 0 Å². The van der Waals surface area contributed by atoms with Gasteiger partial charge in [-0.05, 0) is 34.6 Å². The van der Waals surface area contributed by atoms with Crippen LogP contribution in [0.5, 0.6) is 0 Å². The zero-order chi connectivity index (χ0) is 14.8. The molecule has 112 valence electrons. The number of rotatable bonds is 5. The molecule has 0 aromatic carbocycles. The molecule has 6 heteroatoms. The summed E-state index contributed by atoms with van der Waals surface area (Å²) in [5, 5.41) is 21.0. The Hall–Kier alpha value is -1.46. The van der Waals surface area contributed by atoms with E-state index >= 15 is 0 Å². The topological polar surface area (TPSA) is 80.9 Å². The van der Waals surface area contributed by atoms with Gasteiger partial charge in [0.05, 0.1) is 0 Å². The molecule has 0 aliphatic heterocycles. The van der Waals surface area contributed by atoms with Gasteiger partial charge in [-0.1, -0.05) is 33.6 Å². The summed E-state index contributed by atoms with van der Waals surface area (Å²) < 4.78 is 1.81. The SMILES string of the molecule is CC(CC(=O)O)Cn1nnnc1C1CCCCC1(C)C. The van der Waals surface area contributed by atoms with Gasteiger partial charge in [-0.15, -0.1) is 5.10 Å². The van der Waals surface area contributed by atoms with Gasteiger partial charge in [-0.3, -0.25) is 4.79 Å². The first kappa shape index (κ1) is 14.9. The maximum Gasteiger partial charge on any atom is 0.303 e. The summed E-state index contributed by atoms with van der Waals surface area (Å²) in [6.07, 6.45) is 4.93. The summed E-state index contributed by atoms with van der Waals surface area (Å²) >= 11 is 0. The standard InChI is InChI=1S/C14H24N4O2/c1-10(8-12(19)20)9-18-13(15-16-17-18)11-6-4-5-7-14(11,2)3/h10-11H,4-9H2,1-3H3,(H,19,20). The van der Waals surface area contributed by atoms with E-state index in [0.29, 0.717) is 12.5 Å². The number of carboxylic acids is 1. The van der Waals surface area contributed by atoms with E-state index in [1.807, 2.05) is 11.6 Å². The van der Waals surface area contributed by atoms with E-state index in [2.05, 4.69) is 29.4 Å². The highest BCUT2D eigenvalue weighted by Crippen LogP contribution is 2.45. The minimum absolute atomic E-state index is 0.0291. The zero-order valence-corrected chi connectivity index (χ0v) is 12.5. The Balaban J connectivity index is 2.13. The van der Waals surface area contributed by atoms with Gasteiger partial charge < -0.3 is 5.11 Å². The molecule has 1 aliphatic carbocycles. The largest absolute Gasteiger partial charge is 0.481 e. The summed E-state index contributed by atoms with van der Waals surface area (Å²) in [5.41, 5.74) is 0.209. The lowest BCUT2D eigenvalue weighted by atomic mass is 9.68. The van der Waals surface area contributed by atoms with Gasteiger partial charge in [0.15, 0.2) is 5.82 Å². The van der Waals surface area contributed by atoms with E-state index in [4.69, 9.17) is 5.11 Å². The van der Waals surface area contributed by atoms with Gasteiger partial charge in [0.25, 0.3) is 0 Å². The Morgan fingerprint density at radius 2 is 2.25 bits per heavy atom. The third-order valence-electron chi connectivity index (χ3n) is 4.39. The summed E-state index contributed by atoms with van der Waals surface area (Å²) in [6, 6.07) is 0. The van der Waals surface area contributed by atoms with E-state index in [-0.39, 0.29) is 17.8 Å². The van der Waals surface area contributed by atoms with Crippen LogP contribution in [-0.2, 0) is 11.3 Å². The van der Waals surface area contributed by atoms with Crippen molar-refractivity contribution in [2.45, 2.75) is 65.3 Å². The van der Waals surface area contributed by atoms with Gasteiger partial charge in [0, 0.05) is 18.9 Å². The fraction of sp³-hybridized carbons (Fsp3) is 0.857. The zero-order valence-electron chi connectivity index (χ0n) is 12.5. The van der Waals surface area contributed by atoms with Gasteiger partial charge in [-0.25, -0.2) is 4.68 Å². The van der Waals surface area contributed by atoms with Crippen LogP contribution < -0.4 is 0 Å². The molecule has 1 heterocycles. The second-order valence-corrected chi connectivity index (χ2v) is 6.71. The number of aliphatic carboxylic acids is 1. The molecule has 1 fully saturated rings. The molecule has 20 heavy (non-hydrogen) atoms. The molecule has 0 spiro atoms. The lowest BCUT2D eigenvalue weighted by molar-refractivity contribution is -0.138. The molecule has 1 N–H and O–H groups in total. The molecule has 0 amide bonds. The van der Waals surface area contributed by atoms with Crippen LogP contribution in [0, 0.1) is 11.3 Å². The minimum Gasteiger partial charge on any atom is -0.481 e. The van der Waals surface area contributed by atoms with Crippen molar-refractivity contribution in [3.05, 3.63) is 5.82 Å². The lowest BCUT2D eigenvalue weighted by Crippen LogP contribution is -2.29. The molecule has 1 saturated carbocycles. The number of hydrogen-bond donors (Lipinski definition) is 1. The first-order chi connectivity index (χ1) is 9.40. The molecule has 2 rings (SSSR count). The molecule has 0 radical (unpaired) electrons. The Morgan fingerprint density at radius 1 is 1.50 bits per heavy atom. The molecular formula is C14H24N4O2. The molecule has 1 aromatic heterocycles. The van der Waals surface area contributed by atoms with Crippen LogP contribution in [0.4, 0.5) is 0 Å². The Morgan fingerprint density at radius 3 is 2.90 bits per heavy atom. The summed E-state index contributed by atoms with van der Waals surface area (Å²) in [4.78, 5) is 10.8. The van der Waals surface area contributed by atoms with Crippen molar-refractivity contribution >= 4 is 5.97 Å². The third-order valence-corrected chi connectivity index (χ3v) is 4.39. The second-order valence-electron chi connectivity index (χ2n) is 6.71. The van der Waals surface area contributed by atoms with Gasteiger partial charge in [0.1, 0.15) is 0 Å². The maximum absolute atomic E-state index is 10.8.